The summed E-state index contributed by atoms with van der Waals surface area (Å²) in [5.74, 6) is 0.607. The molecule has 3 N–H and O–H groups in total. The Morgan fingerprint density at radius 2 is 2.57 bits per heavy atom. The van der Waals surface area contributed by atoms with Crippen molar-refractivity contribution in [2.24, 2.45) is 0 Å². The lowest BCUT2D eigenvalue weighted by molar-refractivity contribution is -0.117. The van der Waals surface area contributed by atoms with Crippen LogP contribution < -0.4 is 10.6 Å². The average molecular weight is 194 g/mol. The van der Waals surface area contributed by atoms with Gasteiger partial charge in [0.25, 0.3) is 0 Å². The van der Waals surface area contributed by atoms with Gasteiger partial charge in [0.05, 0.1) is 6.04 Å². The molecule has 0 aliphatic carbocycles. The molecule has 1 aliphatic heterocycles. The molecule has 1 aromatic rings. The van der Waals surface area contributed by atoms with Crippen LogP contribution in [0.15, 0.2) is 6.07 Å². The van der Waals surface area contributed by atoms with Crippen LogP contribution in [-0.4, -0.2) is 28.7 Å². The van der Waals surface area contributed by atoms with Gasteiger partial charge >= 0.3 is 0 Å². The van der Waals surface area contributed by atoms with E-state index in [0.29, 0.717) is 5.82 Å². The number of aromatic amines is 1. The van der Waals surface area contributed by atoms with Crippen LogP contribution in [0.2, 0.25) is 0 Å². The molecule has 1 aromatic heterocycles. The Hall–Kier alpha value is -1.36. The highest BCUT2D eigenvalue weighted by molar-refractivity contribution is 5.94. The van der Waals surface area contributed by atoms with E-state index in [4.69, 9.17) is 0 Å². The monoisotopic (exact) mass is 194 g/mol. The normalized spacial score (nSPS) is 21.1. The molecular weight excluding hydrogens is 180 g/mol. The van der Waals surface area contributed by atoms with E-state index < -0.39 is 0 Å². The van der Waals surface area contributed by atoms with Crippen LogP contribution >= 0.6 is 0 Å². The van der Waals surface area contributed by atoms with Crippen LogP contribution in [0.1, 0.15) is 18.5 Å². The first-order chi connectivity index (χ1) is 6.75. The van der Waals surface area contributed by atoms with Crippen LogP contribution in [0.3, 0.4) is 0 Å². The smallest absolute Gasteiger partial charge is 0.242 e. The van der Waals surface area contributed by atoms with Crippen LogP contribution in [0, 0.1) is 6.92 Å². The molecule has 1 saturated heterocycles. The Balaban J connectivity index is 1.93. The lowest BCUT2D eigenvalue weighted by Gasteiger charge is -2.08. The lowest BCUT2D eigenvalue weighted by atomic mass is 10.2. The fraction of sp³-hybridized carbons (Fsp3) is 0.556. The highest BCUT2D eigenvalue weighted by Crippen LogP contribution is 2.09. The van der Waals surface area contributed by atoms with Crippen molar-refractivity contribution >= 4 is 11.7 Å². The number of anilines is 1. The first-order valence-corrected chi connectivity index (χ1v) is 4.82. The molecule has 2 rings (SSSR count). The van der Waals surface area contributed by atoms with Crippen molar-refractivity contribution < 1.29 is 4.79 Å². The van der Waals surface area contributed by atoms with Gasteiger partial charge in [0, 0.05) is 11.8 Å². The van der Waals surface area contributed by atoms with Crippen LogP contribution in [-0.2, 0) is 4.79 Å². The molecule has 1 fully saturated rings. The summed E-state index contributed by atoms with van der Waals surface area (Å²) in [6, 6.07) is 1.76. The molecule has 0 radical (unpaired) electrons. The highest BCUT2D eigenvalue weighted by Gasteiger charge is 2.22. The second-order valence-electron chi connectivity index (χ2n) is 3.57. The van der Waals surface area contributed by atoms with Gasteiger partial charge in [0.15, 0.2) is 5.82 Å². The minimum atomic E-state index is -0.0491. The quantitative estimate of drug-likeness (QED) is 0.638. The van der Waals surface area contributed by atoms with E-state index >= 15 is 0 Å². The number of rotatable bonds is 2. The van der Waals surface area contributed by atoms with Crippen molar-refractivity contribution in [3.8, 4) is 0 Å². The summed E-state index contributed by atoms with van der Waals surface area (Å²) in [5, 5.41) is 12.6. The Kier molecular flexibility index (Phi) is 2.49. The molecular formula is C9H14N4O. The molecule has 0 bridgehead atoms. The van der Waals surface area contributed by atoms with Crippen molar-refractivity contribution in [2.75, 3.05) is 11.9 Å². The van der Waals surface area contributed by atoms with Crippen LogP contribution in [0.4, 0.5) is 5.82 Å². The minimum absolute atomic E-state index is 0.00833. The van der Waals surface area contributed by atoms with Gasteiger partial charge in [-0.05, 0) is 26.3 Å². The number of carbonyl (C=O) groups excluding carboxylic acids is 1. The van der Waals surface area contributed by atoms with Gasteiger partial charge in [-0.1, -0.05) is 0 Å². The highest BCUT2D eigenvalue weighted by atomic mass is 16.2. The van der Waals surface area contributed by atoms with Crippen LogP contribution in [0.5, 0.6) is 0 Å². The largest absolute Gasteiger partial charge is 0.308 e. The lowest BCUT2D eigenvalue weighted by Crippen LogP contribution is -2.35. The summed E-state index contributed by atoms with van der Waals surface area (Å²) < 4.78 is 0. The molecule has 0 aromatic carbocycles. The zero-order chi connectivity index (χ0) is 9.97. The number of hydrogen-bond donors (Lipinski definition) is 3. The Labute approximate surface area is 82.3 Å². The van der Waals surface area contributed by atoms with Crippen molar-refractivity contribution in [3.05, 3.63) is 11.8 Å². The Bertz CT molecular complexity index is 327. The van der Waals surface area contributed by atoms with Crippen LogP contribution in [0.25, 0.3) is 0 Å². The van der Waals surface area contributed by atoms with E-state index in [1.165, 1.54) is 0 Å². The summed E-state index contributed by atoms with van der Waals surface area (Å²) in [6.45, 7) is 2.83. The first-order valence-electron chi connectivity index (χ1n) is 4.82. The second kappa shape index (κ2) is 3.79. The summed E-state index contributed by atoms with van der Waals surface area (Å²) in [7, 11) is 0. The van der Waals surface area contributed by atoms with Gasteiger partial charge < -0.3 is 10.6 Å². The average Bonchev–Trinajstić information content (AvgIpc) is 2.75. The zero-order valence-electron chi connectivity index (χ0n) is 8.13. The summed E-state index contributed by atoms with van der Waals surface area (Å²) in [5.41, 5.74) is 0.944. The van der Waals surface area contributed by atoms with Gasteiger partial charge in [-0.3, -0.25) is 9.89 Å². The SMILES string of the molecule is Cc1cc(NC(=O)[C@@H]2CCCN2)n[nH]1. The predicted octanol–water partition coefficient (Wildman–Crippen LogP) is 0.409. The van der Waals surface area contributed by atoms with Gasteiger partial charge in [-0.2, -0.15) is 5.10 Å². The topological polar surface area (TPSA) is 69.8 Å². The van der Waals surface area contributed by atoms with E-state index in [1.807, 2.05) is 13.0 Å². The molecule has 0 spiro atoms. The molecule has 0 unspecified atom stereocenters. The molecule has 0 saturated carbocycles. The van der Waals surface area contributed by atoms with Gasteiger partial charge in [-0.25, -0.2) is 0 Å². The second-order valence-corrected chi connectivity index (χ2v) is 3.57. The maximum atomic E-state index is 11.6. The summed E-state index contributed by atoms with van der Waals surface area (Å²) in [6.07, 6.45) is 1.98. The predicted molar refractivity (Wildman–Crippen MR) is 53.0 cm³/mol. The van der Waals surface area contributed by atoms with Gasteiger partial charge in [-0.15, -0.1) is 0 Å². The maximum Gasteiger partial charge on any atom is 0.242 e. The van der Waals surface area contributed by atoms with E-state index in [0.717, 1.165) is 25.1 Å². The van der Waals surface area contributed by atoms with Crippen molar-refractivity contribution in [1.82, 2.24) is 15.5 Å². The number of nitrogens with zero attached hydrogens (tertiary/aromatic N) is 1. The standard InChI is InChI=1S/C9H14N4O/c1-6-5-8(13-12-6)11-9(14)7-3-2-4-10-7/h5,7,10H,2-4H2,1H3,(H2,11,12,13,14)/t7-/m0/s1. The molecule has 5 heteroatoms. The van der Waals surface area contributed by atoms with E-state index in [-0.39, 0.29) is 11.9 Å². The van der Waals surface area contributed by atoms with Crippen molar-refractivity contribution in [1.29, 1.82) is 0 Å². The third-order valence-electron chi connectivity index (χ3n) is 2.33. The number of hydrogen-bond acceptors (Lipinski definition) is 3. The molecule has 2 heterocycles. The molecule has 1 atom stereocenters. The minimum Gasteiger partial charge on any atom is -0.308 e. The fourth-order valence-electron chi connectivity index (χ4n) is 1.60. The molecule has 1 amide bonds. The Morgan fingerprint density at radius 1 is 1.71 bits per heavy atom. The van der Waals surface area contributed by atoms with Crippen molar-refractivity contribution in [2.45, 2.75) is 25.8 Å². The first kappa shape index (κ1) is 9.21. The number of amides is 1. The fourth-order valence-corrected chi connectivity index (χ4v) is 1.60. The molecule has 76 valence electrons. The van der Waals surface area contributed by atoms with Crippen molar-refractivity contribution in [3.63, 3.8) is 0 Å². The summed E-state index contributed by atoms with van der Waals surface area (Å²) >= 11 is 0. The number of aryl methyl sites for hydroxylation is 1. The number of aromatic nitrogens is 2. The Morgan fingerprint density at radius 3 is 3.14 bits per heavy atom. The zero-order valence-corrected chi connectivity index (χ0v) is 8.13. The van der Waals surface area contributed by atoms with E-state index in [1.54, 1.807) is 0 Å². The molecule has 14 heavy (non-hydrogen) atoms. The molecule has 1 aliphatic rings. The van der Waals surface area contributed by atoms with Gasteiger partial charge in [0.1, 0.15) is 0 Å². The number of nitrogens with one attached hydrogen (secondary N) is 3. The molecule has 5 nitrogen and oxygen atoms in total. The van der Waals surface area contributed by atoms with E-state index in [9.17, 15) is 4.79 Å². The van der Waals surface area contributed by atoms with E-state index in [2.05, 4.69) is 20.8 Å². The summed E-state index contributed by atoms with van der Waals surface area (Å²) in [4.78, 5) is 11.6. The maximum absolute atomic E-state index is 11.6. The number of carbonyl (C=O) groups is 1. The number of H-pyrrole nitrogens is 1. The third-order valence-corrected chi connectivity index (χ3v) is 2.33. The van der Waals surface area contributed by atoms with Gasteiger partial charge in [0.2, 0.25) is 5.91 Å². The third kappa shape index (κ3) is 1.93.